The first-order chi connectivity index (χ1) is 19.4. The number of rotatable bonds is 8. The summed E-state index contributed by atoms with van der Waals surface area (Å²) in [5.74, 6) is 0.494. The lowest BCUT2D eigenvalue weighted by atomic mass is 9.84. The predicted molar refractivity (Wildman–Crippen MR) is 154 cm³/mol. The van der Waals surface area contributed by atoms with Crippen molar-refractivity contribution in [2.75, 3.05) is 26.2 Å². The van der Waals surface area contributed by atoms with Crippen LogP contribution in [0.5, 0.6) is 5.88 Å². The average molecular weight is 561 g/mol. The van der Waals surface area contributed by atoms with Crippen molar-refractivity contribution in [2.24, 2.45) is 5.92 Å². The molecule has 1 N–H and O–H groups in total. The van der Waals surface area contributed by atoms with Gasteiger partial charge in [0.15, 0.2) is 0 Å². The molecule has 1 saturated heterocycles. The normalized spacial score (nSPS) is 21.2. The maximum absolute atomic E-state index is 12.0. The van der Waals surface area contributed by atoms with E-state index in [0.29, 0.717) is 29.5 Å². The van der Waals surface area contributed by atoms with E-state index in [2.05, 4.69) is 22.0 Å². The van der Waals surface area contributed by atoms with Crippen molar-refractivity contribution in [2.45, 2.75) is 31.8 Å². The van der Waals surface area contributed by atoms with Gasteiger partial charge in [0.05, 0.1) is 12.2 Å². The molecule has 7 nitrogen and oxygen atoms in total. The first-order valence-corrected chi connectivity index (χ1v) is 14.0. The number of likely N-dealkylation sites (tertiary alicyclic amines) is 1. The highest BCUT2D eigenvalue weighted by Gasteiger charge is 2.33. The molecular weight excluding hydrogens is 528 g/mol. The van der Waals surface area contributed by atoms with Crippen LogP contribution in [0.25, 0.3) is 5.57 Å². The second-order valence-corrected chi connectivity index (χ2v) is 10.4. The van der Waals surface area contributed by atoms with Crippen LogP contribution in [0.3, 0.4) is 0 Å². The van der Waals surface area contributed by atoms with Gasteiger partial charge >= 0.3 is 5.97 Å². The minimum Gasteiger partial charge on any atom is -0.438 e. The van der Waals surface area contributed by atoms with Crippen molar-refractivity contribution in [3.05, 3.63) is 113 Å². The Bertz CT molecular complexity index is 1370. The van der Waals surface area contributed by atoms with Crippen LogP contribution in [0.1, 0.15) is 37.3 Å². The SMILES string of the molecule is CCOOC(=O)C=CC1C=CC=C2Oc3ncccc3C(=CCCN3CCC(O)(c4ccc(Cl)cc4)CC3)C=C21. The zero-order valence-electron chi connectivity index (χ0n) is 22.5. The average Bonchev–Trinajstić information content (AvgIpc) is 3.13. The van der Waals surface area contributed by atoms with E-state index >= 15 is 0 Å². The third kappa shape index (κ3) is 6.62. The van der Waals surface area contributed by atoms with Crippen LogP contribution < -0.4 is 4.74 Å². The van der Waals surface area contributed by atoms with Crippen LogP contribution in [0.15, 0.2) is 96.5 Å². The minimum atomic E-state index is -0.817. The van der Waals surface area contributed by atoms with E-state index in [9.17, 15) is 9.90 Å². The number of hydrogen-bond donors (Lipinski definition) is 1. The van der Waals surface area contributed by atoms with Gasteiger partial charge in [-0.15, -0.1) is 0 Å². The van der Waals surface area contributed by atoms with Crippen molar-refractivity contribution in [3.8, 4) is 5.88 Å². The number of fused-ring (bicyclic) bond motifs is 2. The highest BCUT2D eigenvalue weighted by molar-refractivity contribution is 6.30. The Labute approximate surface area is 239 Å². The van der Waals surface area contributed by atoms with Crippen molar-refractivity contribution in [1.29, 1.82) is 0 Å². The van der Waals surface area contributed by atoms with Gasteiger partial charge in [-0.3, -0.25) is 4.89 Å². The van der Waals surface area contributed by atoms with Crippen LogP contribution in [0.2, 0.25) is 5.02 Å². The Morgan fingerprint density at radius 2 is 2.05 bits per heavy atom. The number of ether oxygens (including phenoxy) is 1. The summed E-state index contributed by atoms with van der Waals surface area (Å²) in [7, 11) is 0. The van der Waals surface area contributed by atoms with Crippen molar-refractivity contribution < 1.29 is 24.4 Å². The van der Waals surface area contributed by atoms with Gasteiger partial charge in [-0.25, -0.2) is 9.78 Å². The molecule has 208 valence electrons. The summed E-state index contributed by atoms with van der Waals surface area (Å²) in [6, 6.07) is 11.4. The monoisotopic (exact) mass is 560 g/mol. The molecular formula is C32H33ClN2O5. The molecule has 1 fully saturated rings. The molecule has 3 aliphatic rings. The van der Waals surface area contributed by atoms with Gasteiger partial charge in [-0.05, 0) is 73.7 Å². The molecule has 3 heterocycles. The molecule has 0 bridgehead atoms. The number of benzene rings is 1. The zero-order chi connectivity index (χ0) is 28.0. The molecule has 0 saturated carbocycles. The summed E-state index contributed by atoms with van der Waals surface area (Å²) in [4.78, 5) is 28.3. The Morgan fingerprint density at radius 3 is 2.83 bits per heavy atom. The van der Waals surface area contributed by atoms with Gasteiger partial charge in [0.1, 0.15) is 5.76 Å². The molecule has 1 aliphatic carbocycles. The fourth-order valence-electron chi connectivity index (χ4n) is 5.19. The van der Waals surface area contributed by atoms with Crippen molar-refractivity contribution >= 4 is 23.1 Å². The van der Waals surface area contributed by atoms with E-state index in [-0.39, 0.29) is 12.5 Å². The van der Waals surface area contributed by atoms with Crippen molar-refractivity contribution in [3.63, 3.8) is 0 Å². The quantitative estimate of drug-likeness (QED) is 0.243. The number of aliphatic hydroxyl groups is 1. The molecule has 1 atom stereocenters. The van der Waals surface area contributed by atoms with E-state index in [1.54, 1.807) is 19.2 Å². The van der Waals surface area contributed by atoms with E-state index < -0.39 is 11.6 Å². The second kappa shape index (κ2) is 12.8. The molecule has 2 aromatic rings. The molecule has 8 heteroatoms. The molecule has 1 aromatic heterocycles. The van der Waals surface area contributed by atoms with Gasteiger partial charge in [0.2, 0.25) is 5.88 Å². The molecule has 40 heavy (non-hydrogen) atoms. The largest absolute Gasteiger partial charge is 0.438 e. The number of carbonyl (C=O) groups excluding carboxylic acids is 1. The lowest BCUT2D eigenvalue weighted by molar-refractivity contribution is -0.264. The zero-order valence-corrected chi connectivity index (χ0v) is 23.2. The summed E-state index contributed by atoms with van der Waals surface area (Å²) in [5, 5.41) is 11.9. The first kappa shape index (κ1) is 28.1. The van der Waals surface area contributed by atoms with Gasteiger partial charge in [0.25, 0.3) is 0 Å². The smallest absolute Gasteiger partial charge is 0.365 e. The number of halogens is 1. The van der Waals surface area contributed by atoms with Crippen LogP contribution in [0, 0.1) is 5.92 Å². The number of hydrogen-bond acceptors (Lipinski definition) is 7. The molecule has 1 aromatic carbocycles. The highest BCUT2D eigenvalue weighted by atomic mass is 35.5. The number of allylic oxidation sites excluding steroid dienone is 7. The van der Waals surface area contributed by atoms with E-state index in [1.165, 1.54) is 6.08 Å². The molecule has 0 amide bonds. The molecule has 1 unspecified atom stereocenters. The van der Waals surface area contributed by atoms with Crippen LogP contribution in [-0.4, -0.2) is 47.2 Å². The lowest BCUT2D eigenvalue weighted by Crippen LogP contribution is -2.42. The van der Waals surface area contributed by atoms with Gasteiger partial charge in [-0.1, -0.05) is 48.0 Å². The van der Waals surface area contributed by atoms with E-state index in [0.717, 1.165) is 48.3 Å². The Balaban J connectivity index is 1.29. The maximum Gasteiger partial charge on any atom is 0.365 e. The van der Waals surface area contributed by atoms with E-state index in [1.807, 2.05) is 54.6 Å². The second-order valence-electron chi connectivity index (χ2n) is 10.00. The standard InChI is InChI=1S/C32H33ClN2O5/c1-2-38-40-30(36)15-10-23-6-3-9-29-28(23)22-24(27-8-4-18-34-31(27)39-29)7-5-19-35-20-16-32(37,17-21-35)25-11-13-26(33)14-12-25/h3-4,6-15,18,22-23,37H,2,5,16-17,19-21H2,1H3. The van der Waals surface area contributed by atoms with Crippen molar-refractivity contribution in [1.82, 2.24) is 9.88 Å². The van der Waals surface area contributed by atoms with Crippen LogP contribution in [-0.2, 0) is 20.2 Å². The summed E-state index contributed by atoms with van der Waals surface area (Å²) in [6.07, 6.45) is 17.2. The molecule has 0 spiro atoms. The van der Waals surface area contributed by atoms with Gasteiger partial charge < -0.3 is 14.7 Å². The number of pyridine rings is 1. The summed E-state index contributed by atoms with van der Waals surface area (Å²) < 4.78 is 6.23. The topological polar surface area (TPSA) is 81.1 Å². The fourth-order valence-corrected chi connectivity index (χ4v) is 5.32. The minimum absolute atomic E-state index is 0.181. The summed E-state index contributed by atoms with van der Waals surface area (Å²) in [6.45, 7) is 4.53. The Morgan fingerprint density at radius 1 is 1.25 bits per heavy atom. The lowest BCUT2D eigenvalue weighted by Gasteiger charge is -2.38. The molecule has 2 aliphatic heterocycles. The highest BCUT2D eigenvalue weighted by Crippen LogP contribution is 2.38. The number of piperidine rings is 1. The predicted octanol–water partition coefficient (Wildman–Crippen LogP) is 5.93. The Kier molecular flexibility index (Phi) is 8.97. The van der Waals surface area contributed by atoms with Gasteiger partial charge in [0, 0.05) is 54.0 Å². The molecule has 0 radical (unpaired) electrons. The number of aromatic nitrogens is 1. The third-order valence-electron chi connectivity index (χ3n) is 7.38. The van der Waals surface area contributed by atoms with E-state index in [4.69, 9.17) is 26.1 Å². The summed E-state index contributed by atoms with van der Waals surface area (Å²) >= 11 is 6.03. The summed E-state index contributed by atoms with van der Waals surface area (Å²) in [5.41, 5.74) is 2.97. The fraction of sp³-hybridized carbons (Fsp3) is 0.312. The number of nitrogens with zero attached hydrogens (tertiary/aromatic N) is 2. The maximum atomic E-state index is 12.0. The Hall–Kier alpha value is -3.49. The van der Waals surface area contributed by atoms with Crippen LogP contribution in [0.4, 0.5) is 0 Å². The first-order valence-electron chi connectivity index (χ1n) is 13.6. The van der Waals surface area contributed by atoms with Gasteiger partial charge in [-0.2, -0.15) is 4.89 Å². The number of carbonyl (C=O) groups is 1. The third-order valence-corrected chi connectivity index (χ3v) is 7.63. The molecule has 5 rings (SSSR count). The van der Waals surface area contributed by atoms with Crippen LogP contribution >= 0.6 is 11.6 Å².